The van der Waals surface area contributed by atoms with Crippen molar-refractivity contribution in [3.8, 4) is 0 Å². The van der Waals surface area contributed by atoms with Crippen LogP contribution in [0.4, 0.5) is 8.78 Å². The van der Waals surface area contributed by atoms with Gasteiger partial charge in [0.2, 0.25) is 0 Å². The molecule has 26 heavy (non-hydrogen) atoms. The predicted molar refractivity (Wildman–Crippen MR) is 92.0 cm³/mol. The lowest BCUT2D eigenvalue weighted by Gasteiger charge is -2.27. The molecule has 0 saturated heterocycles. The molecule has 5 rings (SSSR count). The number of nitrogens with zero attached hydrogens (tertiary/aromatic N) is 3. The van der Waals surface area contributed by atoms with Gasteiger partial charge in [-0.25, -0.2) is 18.3 Å². The van der Waals surface area contributed by atoms with Gasteiger partial charge in [-0.3, -0.25) is 14.8 Å². The van der Waals surface area contributed by atoms with E-state index in [9.17, 15) is 13.6 Å². The summed E-state index contributed by atoms with van der Waals surface area (Å²) in [7, 11) is 0. The van der Waals surface area contributed by atoms with Gasteiger partial charge in [-0.2, -0.15) is 0 Å². The van der Waals surface area contributed by atoms with Crippen LogP contribution < -0.4 is 5.56 Å². The van der Waals surface area contributed by atoms with E-state index < -0.39 is 11.6 Å². The smallest absolute Gasteiger partial charge is 0.277 e. The van der Waals surface area contributed by atoms with Gasteiger partial charge in [0.15, 0.2) is 5.65 Å². The van der Waals surface area contributed by atoms with Gasteiger partial charge in [0, 0.05) is 49.3 Å². The highest BCUT2D eigenvalue weighted by Gasteiger charge is 2.28. The summed E-state index contributed by atoms with van der Waals surface area (Å²) in [6.45, 7) is 1.31. The first-order valence-electron chi connectivity index (χ1n) is 8.88. The highest BCUT2D eigenvalue weighted by molar-refractivity contribution is 5.44. The van der Waals surface area contributed by atoms with Gasteiger partial charge in [-0.15, -0.1) is 0 Å². The molecule has 0 bridgehead atoms. The molecular weight excluding hydrogens is 338 g/mol. The number of fused-ring (bicyclic) bond motifs is 2. The molecule has 1 aliphatic heterocycles. The zero-order valence-electron chi connectivity index (χ0n) is 14.1. The second-order valence-electron chi connectivity index (χ2n) is 7.22. The average Bonchev–Trinajstić information content (AvgIpc) is 3.39. The molecule has 1 aromatic carbocycles. The fourth-order valence-corrected chi connectivity index (χ4v) is 3.70. The van der Waals surface area contributed by atoms with Crippen LogP contribution in [0, 0.1) is 11.6 Å². The zero-order valence-corrected chi connectivity index (χ0v) is 14.1. The monoisotopic (exact) mass is 356 g/mol. The number of hydrogen-bond donors (Lipinski definition) is 1. The first-order valence-corrected chi connectivity index (χ1v) is 8.88. The van der Waals surface area contributed by atoms with Crippen molar-refractivity contribution >= 4 is 5.65 Å². The minimum absolute atomic E-state index is 0.0960. The Morgan fingerprint density at radius 3 is 2.88 bits per heavy atom. The predicted octanol–water partition coefficient (Wildman–Crippen LogP) is 2.74. The molecule has 2 aromatic heterocycles. The fourth-order valence-electron chi connectivity index (χ4n) is 3.70. The molecule has 5 nitrogen and oxygen atoms in total. The zero-order chi connectivity index (χ0) is 17.8. The number of rotatable bonds is 3. The molecule has 1 fully saturated rings. The van der Waals surface area contributed by atoms with Crippen molar-refractivity contribution in [1.82, 2.24) is 19.5 Å². The van der Waals surface area contributed by atoms with Crippen molar-refractivity contribution < 1.29 is 8.78 Å². The summed E-state index contributed by atoms with van der Waals surface area (Å²) < 4.78 is 28.8. The summed E-state index contributed by atoms with van der Waals surface area (Å²) in [4.78, 5) is 19.5. The van der Waals surface area contributed by atoms with Crippen LogP contribution in [-0.4, -0.2) is 26.0 Å². The molecular formula is C19H18F2N4O. The summed E-state index contributed by atoms with van der Waals surface area (Å²) in [5.41, 5.74) is 3.39. The molecule has 0 amide bonds. The third kappa shape index (κ3) is 2.63. The van der Waals surface area contributed by atoms with Gasteiger partial charge in [-0.05, 0) is 31.0 Å². The van der Waals surface area contributed by atoms with E-state index in [1.165, 1.54) is 10.6 Å². The molecule has 1 N–H and O–H groups in total. The van der Waals surface area contributed by atoms with Crippen molar-refractivity contribution in [3.63, 3.8) is 0 Å². The van der Waals surface area contributed by atoms with Gasteiger partial charge in [0.1, 0.15) is 11.6 Å². The van der Waals surface area contributed by atoms with E-state index >= 15 is 0 Å². The van der Waals surface area contributed by atoms with E-state index in [0.717, 1.165) is 36.4 Å². The molecule has 0 radical (unpaired) electrons. The number of halogens is 2. The number of H-pyrrole nitrogens is 1. The van der Waals surface area contributed by atoms with Crippen LogP contribution in [0.3, 0.4) is 0 Å². The van der Waals surface area contributed by atoms with E-state index in [1.54, 1.807) is 0 Å². The largest absolute Gasteiger partial charge is 0.294 e. The number of hydrogen-bond acceptors (Lipinski definition) is 3. The van der Waals surface area contributed by atoms with Crippen LogP contribution in [0.2, 0.25) is 0 Å². The summed E-state index contributed by atoms with van der Waals surface area (Å²) in [6, 6.07) is 5.43. The molecule has 7 heteroatoms. The minimum Gasteiger partial charge on any atom is -0.294 e. The van der Waals surface area contributed by atoms with Crippen molar-refractivity contribution in [2.75, 3.05) is 6.54 Å². The molecule has 1 saturated carbocycles. The number of nitrogens with one attached hydrogen (secondary N) is 1. The van der Waals surface area contributed by atoms with E-state index in [0.29, 0.717) is 42.2 Å². The number of aromatic nitrogens is 3. The van der Waals surface area contributed by atoms with Crippen LogP contribution in [-0.2, 0) is 19.5 Å². The van der Waals surface area contributed by atoms with Gasteiger partial charge >= 0.3 is 0 Å². The van der Waals surface area contributed by atoms with Crippen molar-refractivity contribution in [3.05, 3.63) is 68.8 Å². The van der Waals surface area contributed by atoms with Crippen molar-refractivity contribution in [1.29, 1.82) is 0 Å². The maximum Gasteiger partial charge on any atom is 0.277 e. The SMILES string of the molecule is O=c1c2c(nc3cc(C4CC4)[nH]n13)CCN(Cc1cc(F)ccc1F)C2. The molecule has 3 heterocycles. The van der Waals surface area contributed by atoms with Gasteiger partial charge < -0.3 is 0 Å². The topological polar surface area (TPSA) is 53.4 Å². The molecule has 2 aliphatic rings. The van der Waals surface area contributed by atoms with E-state index in [-0.39, 0.29) is 12.1 Å². The Hall–Kier alpha value is -2.54. The lowest BCUT2D eigenvalue weighted by molar-refractivity contribution is 0.238. The van der Waals surface area contributed by atoms with Gasteiger partial charge in [-0.1, -0.05) is 0 Å². The van der Waals surface area contributed by atoms with Gasteiger partial charge in [0.25, 0.3) is 5.56 Å². The second kappa shape index (κ2) is 5.74. The standard InChI is InChI=1S/C19H18F2N4O/c20-13-3-4-15(21)12(7-13)9-24-6-5-16-14(10-24)19(26)25-18(22-16)8-17(23-25)11-1-2-11/h3-4,7-8,11,23H,1-2,5-6,9-10H2. The van der Waals surface area contributed by atoms with E-state index in [4.69, 9.17) is 0 Å². The first kappa shape index (κ1) is 15.7. The minimum atomic E-state index is -0.457. The molecule has 0 atom stereocenters. The van der Waals surface area contributed by atoms with Crippen molar-refractivity contribution in [2.45, 2.75) is 38.3 Å². The van der Waals surface area contributed by atoms with Crippen LogP contribution in [0.1, 0.15) is 41.3 Å². The summed E-state index contributed by atoms with van der Waals surface area (Å²) in [5, 5.41) is 3.17. The maximum atomic E-state index is 13.9. The Bertz CT molecular complexity index is 1070. The maximum absolute atomic E-state index is 13.9. The van der Waals surface area contributed by atoms with E-state index in [1.807, 2.05) is 11.0 Å². The normalized spacial score (nSPS) is 17.6. The summed E-state index contributed by atoms with van der Waals surface area (Å²) in [6.07, 6.45) is 2.92. The number of aromatic amines is 1. The van der Waals surface area contributed by atoms with Gasteiger partial charge in [0.05, 0.1) is 11.3 Å². The lowest BCUT2D eigenvalue weighted by atomic mass is 10.1. The molecule has 3 aromatic rings. The molecule has 0 spiro atoms. The highest BCUT2D eigenvalue weighted by Crippen LogP contribution is 2.39. The molecule has 134 valence electrons. The number of benzene rings is 1. The first-order chi connectivity index (χ1) is 12.6. The van der Waals surface area contributed by atoms with Crippen LogP contribution in [0.5, 0.6) is 0 Å². The molecule has 1 aliphatic carbocycles. The second-order valence-corrected chi connectivity index (χ2v) is 7.22. The Morgan fingerprint density at radius 1 is 1.23 bits per heavy atom. The Kier molecular flexibility index (Phi) is 3.46. The Labute approximate surface area is 148 Å². The van der Waals surface area contributed by atoms with Crippen LogP contribution in [0.25, 0.3) is 5.65 Å². The van der Waals surface area contributed by atoms with Crippen LogP contribution >= 0.6 is 0 Å². The lowest BCUT2D eigenvalue weighted by Crippen LogP contribution is -2.36. The fraction of sp³-hybridized carbons (Fsp3) is 0.368. The quantitative estimate of drug-likeness (QED) is 0.785. The average molecular weight is 356 g/mol. The Morgan fingerprint density at radius 2 is 2.08 bits per heavy atom. The van der Waals surface area contributed by atoms with Crippen LogP contribution in [0.15, 0.2) is 29.1 Å². The Balaban J connectivity index is 1.47. The van der Waals surface area contributed by atoms with Crippen molar-refractivity contribution in [2.24, 2.45) is 0 Å². The summed E-state index contributed by atoms with van der Waals surface area (Å²) >= 11 is 0. The molecule has 0 unspecified atom stereocenters. The highest BCUT2D eigenvalue weighted by atomic mass is 19.1. The third-order valence-corrected chi connectivity index (χ3v) is 5.28. The summed E-state index contributed by atoms with van der Waals surface area (Å²) in [5.74, 6) is -0.372. The third-order valence-electron chi connectivity index (χ3n) is 5.28. The van der Waals surface area contributed by atoms with E-state index in [2.05, 4.69) is 10.1 Å².